The normalized spacial score (nSPS) is 12.2. The summed E-state index contributed by atoms with van der Waals surface area (Å²) in [6.07, 6.45) is 0. The van der Waals surface area contributed by atoms with Crippen molar-refractivity contribution in [2.24, 2.45) is 0 Å². The van der Waals surface area contributed by atoms with Gasteiger partial charge in [0, 0.05) is 17.6 Å². The molecule has 3 rings (SSSR count). The number of amides is 2. The smallest absolute Gasteiger partial charge is 0.264 e. The summed E-state index contributed by atoms with van der Waals surface area (Å²) < 4.78 is 28.6. The minimum Gasteiger partial charge on any atom is -0.352 e. The number of para-hydroxylation sites is 1. The SMILES string of the molecule is Cc1ccccc1N(CC(=O)N(Cc1ccc(Cl)cc1)C(C)C(=O)NC(C)C)S(=O)(=O)c1ccccc1. The van der Waals surface area contributed by atoms with Crippen molar-refractivity contribution in [3.63, 3.8) is 0 Å². The second-order valence-electron chi connectivity index (χ2n) is 9.10. The Morgan fingerprint density at radius 2 is 1.49 bits per heavy atom. The van der Waals surface area contributed by atoms with Gasteiger partial charge >= 0.3 is 0 Å². The van der Waals surface area contributed by atoms with E-state index < -0.39 is 28.5 Å². The van der Waals surface area contributed by atoms with Gasteiger partial charge in [0.25, 0.3) is 10.0 Å². The lowest BCUT2D eigenvalue weighted by molar-refractivity contribution is -0.139. The first-order chi connectivity index (χ1) is 17.5. The van der Waals surface area contributed by atoms with E-state index in [1.165, 1.54) is 17.0 Å². The molecule has 0 spiro atoms. The number of anilines is 1. The fourth-order valence-electron chi connectivity index (χ4n) is 3.85. The molecule has 1 N–H and O–H groups in total. The van der Waals surface area contributed by atoms with Crippen LogP contribution in [0.5, 0.6) is 0 Å². The summed E-state index contributed by atoms with van der Waals surface area (Å²) in [5, 5.41) is 3.39. The molecule has 3 aromatic carbocycles. The van der Waals surface area contributed by atoms with Crippen molar-refractivity contribution < 1.29 is 18.0 Å². The Labute approximate surface area is 224 Å². The molecule has 0 aliphatic rings. The number of sulfonamides is 1. The molecule has 1 unspecified atom stereocenters. The largest absolute Gasteiger partial charge is 0.352 e. The molecule has 0 fully saturated rings. The van der Waals surface area contributed by atoms with Crippen LogP contribution in [0.15, 0.2) is 83.8 Å². The Bertz CT molecular complexity index is 1330. The summed E-state index contributed by atoms with van der Waals surface area (Å²) in [4.78, 5) is 28.2. The molecule has 1 atom stereocenters. The molecule has 0 bridgehead atoms. The molecule has 3 aromatic rings. The topological polar surface area (TPSA) is 86.8 Å². The average molecular weight is 542 g/mol. The van der Waals surface area contributed by atoms with E-state index in [2.05, 4.69) is 5.32 Å². The van der Waals surface area contributed by atoms with Crippen molar-refractivity contribution in [3.05, 3.63) is 95.0 Å². The molecule has 9 heteroatoms. The number of nitrogens with one attached hydrogen (secondary N) is 1. The molecule has 2 amide bonds. The van der Waals surface area contributed by atoms with Gasteiger partial charge in [-0.1, -0.05) is 60.1 Å². The number of carbonyl (C=O) groups is 2. The number of aryl methyl sites for hydroxylation is 1. The third kappa shape index (κ3) is 7.11. The molecule has 0 saturated heterocycles. The minimum atomic E-state index is -4.08. The summed E-state index contributed by atoms with van der Waals surface area (Å²) in [7, 11) is -4.08. The van der Waals surface area contributed by atoms with Crippen LogP contribution in [0.1, 0.15) is 31.9 Å². The first kappa shape index (κ1) is 28.2. The second-order valence-corrected chi connectivity index (χ2v) is 11.4. The zero-order chi connectivity index (χ0) is 27.2. The highest BCUT2D eigenvalue weighted by Gasteiger charge is 2.33. The number of hydrogen-bond donors (Lipinski definition) is 1. The molecule has 0 aromatic heterocycles. The van der Waals surface area contributed by atoms with Crippen LogP contribution in [0.4, 0.5) is 5.69 Å². The molecular formula is C28H32ClN3O4S. The van der Waals surface area contributed by atoms with Gasteiger partial charge in [-0.3, -0.25) is 13.9 Å². The van der Waals surface area contributed by atoms with Crippen LogP contribution in [0.3, 0.4) is 0 Å². The van der Waals surface area contributed by atoms with E-state index in [-0.39, 0.29) is 23.4 Å². The van der Waals surface area contributed by atoms with E-state index in [9.17, 15) is 18.0 Å². The van der Waals surface area contributed by atoms with Crippen LogP contribution in [0.25, 0.3) is 0 Å². The first-order valence-corrected chi connectivity index (χ1v) is 13.8. The van der Waals surface area contributed by atoms with Crippen molar-refractivity contribution in [2.45, 2.75) is 51.2 Å². The molecule has 7 nitrogen and oxygen atoms in total. The fraction of sp³-hybridized carbons (Fsp3) is 0.286. The molecular weight excluding hydrogens is 510 g/mol. The summed E-state index contributed by atoms with van der Waals surface area (Å²) in [6, 6.07) is 21.0. The lowest BCUT2D eigenvalue weighted by atomic mass is 10.1. The minimum absolute atomic E-state index is 0.0703. The predicted molar refractivity (Wildman–Crippen MR) is 147 cm³/mol. The van der Waals surface area contributed by atoms with Gasteiger partial charge in [0.1, 0.15) is 12.6 Å². The van der Waals surface area contributed by atoms with Crippen molar-refractivity contribution >= 4 is 39.1 Å². The number of benzene rings is 3. The van der Waals surface area contributed by atoms with E-state index in [1.807, 2.05) is 13.8 Å². The van der Waals surface area contributed by atoms with Crippen LogP contribution in [0, 0.1) is 6.92 Å². The average Bonchev–Trinajstić information content (AvgIpc) is 2.87. The molecule has 0 saturated carbocycles. The Balaban J connectivity index is 2.02. The number of hydrogen-bond acceptors (Lipinski definition) is 4. The maximum atomic E-state index is 13.8. The van der Waals surface area contributed by atoms with E-state index in [1.54, 1.807) is 80.6 Å². The van der Waals surface area contributed by atoms with Crippen LogP contribution in [-0.4, -0.2) is 43.8 Å². The number of halogens is 1. The lowest BCUT2D eigenvalue weighted by Crippen LogP contribution is -2.52. The van der Waals surface area contributed by atoms with E-state index in [4.69, 9.17) is 11.6 Å². The van der Waals surface area contributed by atoms with Gasteiger partial charge in [-0.05, 0) is 69.2 Å². The summed E-state index contributed by atoms with van der Waals surface area (Å²) in [6.45, 7) is 6.72. The number of nitrogens with zero attached hydrogens (tertiary/aromatic N) is 2. The highest BCUT2D eigenvalue weighted by Crippen LogP contribution is 2.27. The molecule has 0 heterocycles. The third-order valence-corrected chi connectivity index (χ3v) is 7.88. The maximum Gasteiger partial charge on any atom is 0.264 e. The van der Waals surface area contributed by atoms with Crippen LogP contribution < -0.4 is 9.62 Å². The number of rotatable bonds is 10. The zero-order valence-corrected chi connectivity index (χ0v) is 23.0. The van der Waals surface area contributed by atoms with E-state index in [0.717, 1.165) is 9.87 Å². The van der Waals surface area contributed by atoms with Crippen molar-refractivity contribution in [1.82, 2.24) is 10.2 Å². The molecule has 0 aliphatic heterocycles. The van der Waals surface area contributed by atoms with Crippen molar-refractivity contribution in [1.29, 1.82) is 0 Å². The van der Waals surface area contributed by atoms with Crippen LogP contribution in [-0.2, 0) is 26.2 Å². The monoisotopic (exact) mass is 541 g/mol. The van der Waals surface area contributed by atoms with Gasteiger partial charge in [-0.15, -0.1) is 0 Å². The Morgan fingerprint density at radius 3 is 2.08 bits per heavy atom. The Kier molecular flexibility index (Phi) is 9.34. The lowest BCUT2D eigenvalue weighted by Gasteiger charge is -2.32. The summed E-state index contributed by atoms with van der Waals surface area (Å²) in [5.41, 5.74) is 1.85. The summed E-state index contributed by atoms with van der Waals surface area (Å²) >= 11 is 6.02. The van der Waals surface area contributed by atoms with Gasteiger partial charge in [0.15, 0.2) is 0 Å². The summed E-state index contributed by atoms with van der Waals surface area (Å²) in [5.74, 6) is -0.838. The van der Waals surface area contributed by atoms with Crippen LogP contribution in [0.2, 0.25) is 5.02 Å². The highest BCUT2D eigenvalue weighted by molar-refractivity contribution is 7.92. The molecule has 196 valence electrons. The van der Waals surface area contributed by atoms with Crippen molar-refractivity contribution in [3.8, 4) is 0 Å². The maximum absolute atomic E-state index is 13.8. The first-order valence-electron chi connectivity index (χ1n) is 12.0. The second kappa shape index (κ2) is 12.3. The quantitative estimate of drug-likeness (QED) is 0.400. The Hall–Kier alpha value is -3.36. The van der Waals surface area contributed by atoms with Crippen molar-refractivity contribution in [2.75, 3.05) is 10.8 Å². The van der Waals surface area contributed by atoms with E-state index in [0.29, 0.717) is 16.3 Å². The standard InChI is InChI=1S/C28H32ClN3O4S/c1-20(2)30-28(34)22(4)31(18-23-14-16-24(29)17-15-23)27(33)19-32(26-13-9-8-10-21(26)3)37(35,36)25-11-6-5-7-12-25/h5-17,20,22H,18-19H2,1-4H3,(H,30,34). The third-order valence-electron chi connectivity index (χ3n) is 5.86. The number of carbonyl (C=O) groups excluding carboxylic acids is 2. The van der Waals surface area contributed by atoms with Gasteiger partial charge in [-0.25, -0.2) is 8.42 Å². The Morgan fingerprint density at radius 1 is 0.892 bits per heavy atom. The predicted octanol–water partition coefficient (Wildman–Crippen LogP) is 4.79. The molecule has 0 radical (unpaired) electrons. The molecule has 37 heavy (non-hydrogen) atoms. The van der Waals surface area contributed by atoms with Crippen LogP contribution >= 0.6 is 11.6 Å². The van der Waals surface area contributed by atoms with Gasteiger partial charge in [0.2, 0.25) is 11.8 Å². The van der Waals surface area contributed by atoms with Gasteiger partial charge < -0.3 is 10.2 Å². The fourth-order valence-corrected chi connectivity index (χ4v) is 5.48. The zero-order valence-electron chi connectivity index (χ0n) is 21.4. The van der Waals surface area contributed by atoms with Gasteiger partial charge in [-0.2, -0.15) is 0 Å². The van der Waals surface area contributed by atoms with Gasteiger partial charge in [0.05, 0.1) is 10.6 Å². The van der Waals surface area contributed by atoms with E-state index >= 15 is 0 Å². The highest BCUT2D eigenvalue weighted by atomic mass is 35.5. The molecule has 0 aliphatic carbocycles.